The maximum absolute atomic E-state index is 12.9. The first-order valence-corrected chi connectivity index (χ1v) is 12.3. The monoisotopic (exact) mass is 503 g/mol. The van der Waals surface area contributed by atoms with Crippen molar-refractivity contribution < 1.29 is 19.5 Å². The number of hydrogen-bond acceptors (Lipinski definition) is 7. The molecule has 184 valence electrons. The van der Waals surface area contributed by atoms with Crippen molar-refractivity contribution in [1.82, 2.24) is 20.5 Å². The van der Waals surface area contributed by atoms with Crippen LogP contribution >= 0.6 is 11.3 Å². The zero-order chi connectivity index (χ0) is 25.7. The summed E-state index contributed by atoms with van der Waals surface area (Å²) in [5, 5.41) is 24.4. The van der Waals surface area contributed by atoms with Crippen LogP contribution in [0, 0.1) is 18.3 Å². The molecule has 2 aromatic carbocycles. The molecule has 0 bridgehead atoms. The van der Waals surface area contributed by atoms with Crippen molar-refractivity contribution in [3.05, 3.63) is 76.4 Å². The Morgan fingerprint density at radius 2 is 1.86 bits per heavy atom. The Morgan fingerprint density at radius 3 is 2.50 bits per heavy atom. The van der Waals surface area contributed by atoms with Crippen molar-refractivity contribution >= 4 is 29.1 Å². The Morgan fingerprint density at radius 1 is 1.14 bits per heavy atom. The summed E-state index contributed by atoms with van der Waals surface area (Å²) in [4.78, 5) is 44.6. The van der Waals surface area contributed by atoms with Gasteiger partial charge in [-0.25, -0.2) is 4.98 Å². The second-order valence-corrected chi connectivity index (χ2v) is 9.36. The van der Waals surface area contributed by atoms with Gasteiger partial charge in [-0.2, -0.15) is 5.26 Å². The van der Waals surface area contributed by atoms with E-state index in [9.17, 15) is 19.5 Å². The Bertz CT molecular complexity index is 1300. The SMILES string of the molecule is Cc1ncsc1-c1ccc(CNC(=O)[C@@H]2C[C@@H](O)CN2C(=O)CNC(=O)c2ccc(C#N)cc2)cc1. The summed E-state index contributed by atoms with van der Waals surface area (Å²) >= 11 is 1.57. The van der Waals surface area contributed by atoms with Crippen molar-refractivity contribution in [2.45, 2.75) is 32.0 Å². The molecule has 1 aromatic heterocycles. The first-order chi connectivity index (χ1) is 17.4. The van der Waals surface area contributed by atoms with Gasteiger partial charge in [-0.15, -0.1) is 11.3 Å². The Hall–Kier alpha value is -4.07. The van der Waals surface area contributed by atoms with Crippen LogP contribution in [0.5, 0.6) is 0 Å². The molecule has 0 aliphatic carbocycles. The number of nitriles is 1. The fourth-order valence-electron chi connectivity index (χ4n) is 4.05. The number of nitrogens with one attached hydrogen (secondary N) is 2. The third-order valence-electron chi connectivity index (χ3n) is 6.01. The number of amides is 3. The predicted molar refractivity (Wildman–Crippen MR) is 134 cm³/mol. The van der Waals surface area contributed by atoms with Crippen molar-refractivity contribution in [2.24, 2.45) is 0 Å². The van der Waals surface area contributed by atoms with Crippen molar-refractivity contribution in [3.8, 4) is 16.5 Å². The smallest absolute Gasteiger partial charge is 0.251 e. The minimum atomic E-state index is -0.821. The number of β-amino-alcohol motifs (C(OH)–C–C–N with tert-alkyl or cyclic N) is 1. The highest BCUT2D eigenvalue weighted by Crippen LogP contribution is 2.27. The van der Waals surface area contributed by atoms with Crippen LogP contribution in [0.3, 0.4) is 0 Å². The number of aryl methyl sites for hydroxylation is 1. The van der Waals surface area contributed by atoms with Gasteiger partial charge in [0.25, 0.3) is 5.91 Å². The van der Waals surface area contributed by atoms with Crippen LogP contribution in [0.2, 0.25) is 0 Å². The lowest BCUT2D eigenvalue weighted by atomic mass is 10.1. The summed E-state index contributed by atoms with van der Waals surface area (Å²) in [5.41, 5.74) is 5.48. The van der Waals surface area contributed by atoms with Crippen LogP contribution < -0.4 is 10.6 Å². The first-order valence-electron chi connectivity index (χ1n) is 11.4. The number of aliphatic hydroxyl groups is 1. The van der Waals surface area contributed by atoms with Crippen molar-refractivity contribution in [2.75, 3.05) is 13.1 Å². The minimum Gasteiger partial charge on any atom is -0.391 e. The number of benzene rings is 2. The molecule has 3 N–H and O–H groups in total. The Labute approximate surface area is 212 Å². The summed E-state index contributed by atoms with van der Waals surface area (Å²) in [6.07, 6.45) is -0.689. The van der Waals surface area contributed by atoms with Crippen LogP contribution in [0.15, 0.2) is 54.0 Å². The highest BCUT2D eigenvalue weighted by molar-refractivity contribution is 7.13. The number of aliphatic hydroxyl groups excluding tert-OH is 1. The highest BCUT2D eigenvalue weighted by Gasteiger charge is 2.38. The van der Waals surface area contributed by atoms with E-state index in [2.05, 4.69) is 15.6 Å². The molecule has 0 spiro atoms. The van der Waals surface area contributed by atoms with Gasteiger partial charge in [-0.05, 0) is 42.3 Å². The third kappa shape index (κ3) is 5.76. The topological polar surface area (TPSA) is 135 Å². The van der Waals surface area contributed by atoms with Gasteiger partial charge >= 0.3 is 0 Å². The van der Waals surface area contributed by atoms with Gasteiger partial charge < -0.3 is 20.6 Å². The van der Waals surface area contributed by atoms with Crippen molar-refractivity contribution in [3.63, 3.8) is 0 Å². The number of likely N-dealkylation sites (tertiary alicyclic amines) is 1. The molecule has 2 heterocycles. The van der Waals surface area contributed by atoms with Gasteiger partial charge in [-0.3, -0.25) is 14.4 Å². The van der Waals surface area contributed by atoms with Crippen LogP contribution in [0.4, 0.5) is 0 Å². The molecular weight excluding hydrogens is 478 g/mol. The molecule has 1 aliphatic heterocycles. The molecule has 4 rings (SSSR count). The maximum Gasteiger partial charge on any atom is 0.251 e. The zero-order valence-corrected chi connectivity index (χ0v) is 20.4. The quantitative estimate of drug-likeness (QED) is 0.451. The average molecular weight is 504 g/mol. The van der Waals surface area contributed by atoms with Gasteiger partial charge in [0.1, 0.15) is 6.04 Å². The fraction of sp³-hybridized carbons (Fsp3) is 0.269. The third-order valence-corrected chi connectivity index (χ3v) is 6.98. The van der Waals surface area contributed by atoms with Gasteiger partial charge in [-0.1, -0.05) is 24.3 Å². The molecule has 1 aliphatic rings. The number of thiazole rings is 1. The van der Waals surface area contributed by atoms with Gasteiger partial charge in [0.05, 0.1) is 40.4 Å². The van der Waals surface area contributed by atoms with Crippen LogP contribution in [0.25, 0.3) is 10.4 Å². The van der Waals surface area contributed by atoms with E-state index >= 15 is 0 Å². The second-order valence-electron chi connectivity index (χ2n) is 8.50. The lowest BCUT2D eigenvalue weighted by Gasteiger charge is -2.24. The number of rotatable bonds is 7. The average Bonchev–Trinajstić information content (AvgIpc) is 3.51. The minimum absolute atomic E-state index is 0.0204. The fourth-order valence-corrected chi connectivity index (χ4v) is 4.87. The lowest BCUT2D eigenvalue weighted by molar-refractivity contribution is -0.137. The summed E-state index contributed by atoms with van der Waals surface area (Å²) in [6, 6.07) is 15.0. The van der Waals surface area contributed by atoms with Crippen LogP contribution in [-0.2, 0) is 16.1 Å². The maximum atomic E-state index is 12.9. The number of hydrogen-bond donors (Lipinski definition) is 3. The number of carbonyl (C=O) groups is 3. The van der Waals surface area contributed by atoms with Gasteiger partial charge in [0, 0.05) is 25.1 Å². The predicted octanol–water partition coefficient (Wildman–Crippen LogP) is 2.00. The molecular formula is C26H25N5O4S. The molecule has 0 unspecified atom stereocenters. The first kappa shape index (κ1) is 25.0. The highest BCUT2D eigenvalue weighted by atomic mass is 32.1. The van der Waals surface area contributed by atoms with Crippen LogP contribution in [-0.4, -0.2) is 57.9 Å². The molecule has 0 saturated carbocycles. The van der Waals surface area contributed by atoms with E-state index in [1.54, 1.807) is 16.8 Å². The zero-order valence-electron chi connectivity index (χ0n) is 19.6. The largest absolute Gasteiger partial charge is 0.391 e. The van der Waals surface area contributed by atoms with E-state index < -0.39 is 24.0 Å². The van der Waals surface area contributed by atoms with E-state index in [0.29, 0.717) is 11.1 Å². The molecule has 3 aromatic rings. The summed E-state index contributed by atoms with van der Waals surface area (Å²) in [7, 11) is 0. The molecule has 36 heavy (non-hydrogen) atoms. The molecule has 9 nitrogen and oxygen atoms in total. The number of carbonyl (C=O) groups excluding carboxylic acids is 3. The summed E-state index contributed by atoms with van der Waals surface area (Å²) in [5.74, 6) is -1.29. The summed E-state index contributed by atoms with van der Waals surface area (Å²) < 4.78 is 0. The van der Waals surface area contributed by atoms with Crippen molar-refractivity contribution in [1.29, 1.82) is 5.26 Å². The molecule has 3 amide bonds. The molecule has 0 radical (unpaired) electrons. The Kier molecular flexibility index (Phi) is 7.73. The van der Waals surface area contributed by atoms with E-state index in [-0.39, 0.29) is 32.0 Å². The number of nitrogens with zero attached hydrogens (tertiary/aromatic N) is 3. The summed E-state index contributed by atoms with van der Waals surface area (Å²) in [6.45, 7) is 1.95. The molecule has 10 heteroatoms. The second kappa shape index (κ2) is 11.1. The lowest BCUT2D eigenvalue weighted by Crippen LogP contribution is -2.48. The van der Waals surface area contributed by atoms with Gasteiger partial charge in [0.15, 0.2) is 0 Å². The van der Waals surface area contributed by atoms with E-state index in [1.807, 2.05) is 37.3 Å². The van der Waals surface area contributed by atoms with Gasteiger partial charge in [0.2, 0.25) is 11.8 Å². The normalized spacial score (nSPS) is 16.9. The Balaban J connectivity index is 1.31. The molecule has 1 fully saturated rings. The van der Waals surface area contributed by atoms with E-state index in [0.717, 1.165) is 21.7 Å². The van der Waals surface area contributed by atoms with E-state index in [4.69, 9.17) is 5.26 Å². The van der Waals surface area contributed by atoms with Crippen LogP contribution in [0.1, 0.15) is 33.6 Å². The number of aromatic nitrogens is 1. The standard InChI is InChI=1S/C26H25N5O4S/c1-16-24(36-15-30-16)19-6-4-18(5-7-19)12-28-26(35)22-10-21(32)14-31(22)23(33)13-29-25(34)20-8-2-17(11-27)3-9-20/h2-9,15,21-22,32H,10,12-14H2,1H3,(H,28,35)(H,29,34)/t21-,22+/m1/s1. The van der Waals surface area contributed by atoms with E-state index in [1.165, 1.54) is 29.2 Å². The molecule has 1 saturated heterocycles. The molecule has 2 atom stereocenters.